The molecule has 2 aliphatic carbocycles. The molecule has 0 radical (unpaired) electrons. The minimum Gasteiger partial charge on any atom is -0.494 e. The zero-order valence-corrected chi connectivity index (χ0v) is 19.1. The molecule has 32 heavy (non-hydrogen) atoms. The van der Waals surface area contributed by atoms with E-state index in [0.717, 1.165) is 50.9 Å². The quantitative estimate of drug-likeness (QED) is 0.206. The molecule has 0 spiro atoms. The van der Waals surface area contributed by atoms with Gasteiger partial charge in [-0.25, -0.2) is 4.79 Å². The summed E-state index contributed by atoms with van der Waals surface area (Å²) in [5.74, 6) is 1.23. The number of ether oxygens (including phenoxy) is 2. The third kappa shape index (κ3) is 5.51. The summed E-state index contributed by atoms with van der Waals surface area (Å²) < 4.78 is 11.3. The van der Waals surface area contributed by atoms with Gasteiger partial charge in [-0.05, 0) is 84.4 Å². The van der Waals surface area contributed by atoms with E-state index >= 15 is 0 Å². The van der Waals surface area contributed by atoms with Gasteiger partial charge in [-0.15, -0.1) is 0 Å². The van der Waals surface area contributed by atoms with E-state index in [9.17, 15) is 4.79 Å². The van der Waals surface area contributed by atoms with Crippen LogP contribution < -0.4 is 4.74 Å². The second kappa shape index (κ2) is 10.7. The highest BCUT2D eigenvalue weighted by Crippen LogP contribution is 2.39. The van der Waals surface area contributed by atoms with Gasteiger partial charge >= 0.3 is 5.97 Å². The molecule has 0 saturated heterocycles. The van der Waals surface area contributed by atoms with Crippen molar-refractivity contribution in [1.29, 1.82) is 0 Å². The van der Waals surface area contributed by atoms with Gasteiger partial charge in [0.25, 0.3) is 0 Å². The Bertz CT molecular complexity index is 980. The Morgan fingerprint density at radius 3 is 2.53 bits per heavy atom. The van der Waals surface area contributed by atoms with E-state index in [1.165, 1.54) is 46.7 Å². The lowest BCUT2D eigenvalue weighted by atomic mass is 9.86. The fraction of sp³-hybridized carbons (Fsp3) is 0.414. The number of allylic oxidation sites excluding steroid dienone is 1. The highest BCUT2D eigenvalue weighted by Gasteiger charge is 2.22. The molecule has 0 atom stereocenters. The zero-order valence-electron chi connectivity index (χ0n) is 19.1. The van der Waals surface area contributed by atoms with Crippen molar-refractivity contribution in [2.75, 3.05) is 6.61 Å². The Morgan fingerprint density at radius 2 is 1.78 bits per heavy atom. The van der Waals surface area contributed by atoms with Crippen molar-refractivity contribution in [3.05, 3.63) is 71.8 Å². The van der Waals surface area contributed by atoms with Gasteiger partial charge < -0.3 is 9.47 Å². The standard InChI is InChI=1S/C29H34O3/c1-3-5-6-17-31-26-14-16-28-24(20-26)19-23-18-22(11-15-27(23)28)8-7-21-9-12-25(13-10-21)32-29(30)4-2/h4,7-8,11,14-16,18,20-21,25H,2-3,5-6,9-10,12-13,17,19H2,1H3. The maximum Gasteiger partial charge on any atom is 0.330 e. The molecule has 1 saturated carbocycles. The van der Waals surface area contributed by atoms with Crippen LogP contribution in [0.15, 0.2) is 55.1 Å². The zero-order chi connectivity index (χ0) is 22.3. The molecule has 0 amide bonds. The number of fused-ring (bicyclic) bond motifs is 3. The fourth-order valence-electron chi connectivity index (χ4n) is 4.80. The van der Waals surface area contributed by atoms with Gasteiger partial charge in [-0.2, -0.15) is 0 Å². The monoisotopic (exact) mass is 430 g/mol. The topological polar surface area (TPSA) is 35.5 Å². The average Bonchev–Trinajstić information content (AvgIpc) is 3.18. The van der Waals surface area contributed by atoms with Crippen molar-refractivity contribution < 1.29 is 14.3 Å². The molecule has 0 aliphatic heterocycles. The summed E-state index contributed by atoms with van der Waals surface area (Å²) in [4.78, 5) is 11.4. The lowest BCUT2D eigenvalue weighted by molar-refractivity contribution is -0.144. The maximum absolute atomic E-state index is 11.4. The molecule has 1 fully saturated rings. The predicted octanol–water partition coefficient (Wildman–Crippen LogP) is 7.13. The molecule has 2 aromatic rings. The summed E-state index contributed by atoms with van der Waals surface area (Å²) in [6.45, 7) is 6.48. The minimum absolute atomic E-state index is 0.0455. The van der Waals surface area contributed by atoms with Gasteiger partial charge in [-0.1, -0.05) is 62.8 Å². The van der Waals surface area contributed by atoms with Crippen molar-refractivity contribution in [3.8, 4) is 16.9 Å². The number of rotatable bonds is 9. The highest BCUT2D eigenvalue weighted by molar-refractivity contribution is 5.81. The van der Waals surface area contributed by atoms with Crippen LogP contribution in [0, 0.1) is 5.92 Å². The van der Waals surface area contributed by atoms with Gasteiger partial charge in [0.05, 0.1) is 6.61 Å². The number of benzene rings is 2. The van der Waals surface area contributed by atoms with Crippen molar-refractivity contribution >= 4 is 12.0 Å². The summed E-state index contributed by atoms with van der Waals surface area (Å²) >= 11 is 0. The second-order valence-corrected chi connectivity index (χ2v) is 9.00. The van der Waals surface area contributed by atoms with Crippen LogP contribution in [-0.4, -0.2) is 18.7 Å². The molecule has 0 N–H and O–H groups in total. The molecule has 0 heterocycles. The van der Waals surface area contributed by atoms with E-state index in [-0.39, 0.29) is 12.1 Å². The van der Waals surface area contributed by atoms with E-state index in [1.807, 2.05) is 0 Å². The Kier molecular flexibility index (Phi) is 7.47. The Labute approximate surface area is 192 Å². The Morgan fingerprint density at radius 1 is 1.03 bits per heavy atom. The lowest BCUT2D eigenvalue weighted by Gasteiger charge is -2.26. The Hall–Kier alpha value is -2.81. The van der Waals surface area contributed by atoms with Crippen LogP contribution in [0.1, 0.15) is 68.6 Å². The van der Waals surface area contributed by atoms with Crippen LogP contribution in [-0.2, 0) is 16.0 Å². The second-order valence-electron chi connectivity index (χ2n) is 9.00. The van der Waals surface area contributed by atoms with Gasteiger partial charge in [0.2, 0.25) is 0 Å². The van der Waals surface area contributed by atoms with E-state index < -0.39 is 0 Å². The molecule has 168 valence electrons. The summed E-state index contributed by atoms with van der Waals surface area (Å²) in [6, 6.07) is 13.3. The SMILES string of the molecule is C=CC(=O)OC1CCC(C=Cc2ccc3c(c2)Cc2cc(OCCCCC)ccc2-3)CC1. The summed E-state index contributed by atoms with van der Waals surface area (Å²) in [7, 11) is 0. The van der Waals surface area contributed by atoms with Crippen LogP contribution in [0.2, 0.25) is 0 Å². The van der Waals surface area contributed by atoms with Crippen LogP contribution >= 0.6 is 0 Å². The third-order valence-corrected chi connectivity index (χ3v) is 6.62. The molecule has 2 aliphatic rings. The smallest absolute Gasteiger partial charge is 0.330 e. The molecule has 0 aromatic heterocycles. The summed E-state index contributed by atoms with van der Waals surface area (Å²) in [5, 5.41) is 0. The molecule has 2 aromatic carbocycles. The summed E-state index contributed by atoms with van der Waals surface area (Å²) in [5.41, 5.74) is 6.70. The Balaban J connectivity index is 1.34. The van der Waals surface area contributed by atoms with Gasteiger partial charge in [0.1, 0.15) is 11.9 Å². The van der Waals surface area contributed by atoms with Crippen LogP contribution in [0.3, 0.4) is 0 Å². The van der Waals surface area contributed by atoms with Crippen LogP contribution in [0.5, 0.6) is 5.75 Å². The maximum atomic E-state index is 11.4. The number of unbranched alkanes of at least 4 members (excludes halogenated alkanes) is 2. The van der Waals surface area contributed by atoms with Crippen molar-refractivity contribution in [2.24, 2.45) is 5.92 Å². The highest BCUT2D eigenvalue weighted by atomic mass is 16.5. The normalized spacial score (nSPS) is 19.4. The summed E-state index contributed by atoms with van der Waals surface area (Å²) in [6.07, 6.45) is 14.4. The number of hydrogen-bond acceptors (Lipinski definition) is 3. The largest absolute Gasteiger partial charge is 0.494 e. The number of esters is 1. The minimum atomic E-state index is -0.307. The van der Waals surface area contributed by atoms with E-state index in [2.05, 4.69) is 62.1 Å². The van der Waals surface area contributed by atoms with Crippen LogP contribution in [0.25, 0.3) is 17.2 Å². The van der Waals surface area contributed by atoms with E-state index in [4.69, 9.17) is 9.47 Å². The van der Waals surface area contributed by atoms with Crippen molar-refractivity contribution in [2.45, 2.75) is 64.4 Å². The molecule has 3 nitrogen and oxygen atoms in total. The number of hydrogen-bond donors (Lipinski definition) is 0. The van der Waals surface area contributed by atoms with Crippen LogP contribution in [0.4, 0.5) is 0 Å². The van der Waals surface area contributed by atoms with E-state index in [0.29, 0.717) is 5.92 Å². The molecule has 3 heteroatoms. The molecule has 0 bridgehead atoms. The first-order valence-corrected chi connectivity index (χ1v) is 12.1. The fourth-order valence-corrected chi connectivity index (χ4v) is 4.80. The first kappa shape index (κ1) is 22.4. The number of carbonyl (C=O) groups excluding carboxylic acids is 1. The third-order valence-electron chi connectivity index (χ3n) is 6.62. The van der Waals surface area contributed by atoms with Crippen molar-refractivity contribution in [1.82, 2.24) is 0 Å². The average molecular weight is 431 g/mol. The molecule has 4 rings (SSSR count). The van der Waals surface area contributed by atoms with Crippen molar-refractivity contribution in [3.63, 3.8) is 0 Å². The molecular formula is C29H34O3. The van der Waals surface area contributed by atoms with E-state index in [1.54, 1.807) is 0 Å². The lowest BCUT2D eigenvalue weighted by Crippen LogP contribution is -2.23. The first-order valence-electron chi connectivity index (χ1n) is 12.1. The van der Waals surface area contributed by atoms with Gasteiger partial charge in [0.15, 0.2) is 0 Å². The molecular weight excluding hydrogens is 396 g/mol. The van der Waals surface area contributed by atoms with Gasteiger partial charge in [-0.3, -0.25) is 0 Å². The predicted molar refractivity (Wildman–Crippen MR) is 131 cm³/mol. The van der Waals surface area contributed by atoms with Gasteiger partial charge in [0, 0.05) is 6.08 Å². The number of carbonyl (C=O) groups is 1. The first-order chi connectivity index (χ1) is 15.7. The molecule has 0 unspecified atom stereocenters.